The van der Waals surface area contributed by atoms with Gasteiger partial charge >= 0.3 is 0 Å². The third-order valence-electron chi connectivity index (χ3n) is 4.28. The molecule has 1 unspecified atom stereocenters. The van der Waals surface area contributed by atoms with E-state index in [1.165, 1.54) is 12.1 Å². The van der Waals surface area contributed by atoms with Gasteiger partial charge in [0.1, 0.15) is 5.82 Å². The Kier molecular flexibility index (Phi) is 2.67. The van der Waals surface area contributed by atoms with Crippen molar-refractivity contribution in [2.45, 2.75) is 12.3 Å². The number of anilines is 1. The molecule has 0 N–H and O–H groups in total. The van der Waals surface area contributed by atoms with Crippen LogP contribution in [0.1, 0.15) is 29.0 Å². The first-order valence-corrected chi connectivity index (χ1v) is 7.09. The Morgan fingerprint density at radius 2 is 1.90 bits per heavy atom. The fraction of sp³-hybridized carbons (Fsp3) is 0.167. The molecule has 2 aliphatic rings. The Morgan fingerprint density at radius 1 is 1.10 bits per heavy atom. The van der Waals surface area contributed by atoms with Crippen molar-refractivity contribution in [2.75, 3.05) is 11.4 Å². The summed E-state index contributed by atoms with van der Waals surface area (Å²) in [5.41, 5.74) is 4.25. The van der Waals surface area contributed by atoms with Crippen LogP contribution in [-0.2, 0) is 4.79 Å². The summed E-state index contributed by atoms with van der Waals surface area (Å²) in [6, 6.07) is 12.6. The SMILES string of the molecule is O=C1CC(c2ccc(F)cc2)c2cccc3c2N1CC=C3. The van der Waals surface area contributed by atoms with E-state index in [0.717, 1.165) is 22.4 Å². The number of nitrogens with zero attached hydrogens (tertiary/aromatic N) is 1. The van der Waals surface area contributed by atoms with Crippen LogP contribution in [0.2, 0.25) is 0 Å². The summed E-state index contributed by atoms with van der Waals surface area (Å²) < 4.78 is 13.1. The molecule has 0 aromatic heterocycles. The molecule has 2 nitrogen and oxygen atoms in total. The highest BCUT2D eigenvalue weighted by Crippen LogP contribution is 2.43. The smallest absolute Gasteiger partial charge is 0.228 e. The van der Waals surface area contributed by atoms with Crippen molar-refractivity contribution in [3.8, 4) is 0 Å². The molecule has 0 bridgehead atoms. The van der Waals surface area contributed by atoms with Gasteiger partial charge in [-0.3, -0.25) is 4.79 Å². The topological polar surface area (TPSA) is 20.3 Å². The Labute approximate surface area is 122 Å². The van der Waals surface area contributed by atoms with Crippen LogP contribution in [0.5, 0.6) is 0 Å². The number of benzene rings is 2. The lowest BCUT2D eigenvalue weighted by molar-refractivity contribution is -0.119. The highest BCUT2D eigenvalue weighted by atomic mass is 19.1. The van der Waals surface area contributed by atoms with E-state index >= 15 is 0 Å². The second-order valence-electron chi connectivity index (χ2n) is 5.50. The molecule has 0 aliphatic carbocycles. The third-order valence-corrected chi connectivity index (χ3v) is 4.28. The van der Waals surface area contributed by atoms with E-state index in [1.54, 1.807) is 12.1 Å². The fourth-order valence-electron chi connectivity index (χ4n) is 3.30. The van der Waals surface area contributed by atoms with Crippen molar-refractivity contribution in [3.05, 3.63) is 71.0 Å². The molecule has 0 spiro atoms. The van der Waals surface area contributed by atoms with Gasteiger partial charge in [-0.2, -0.15) is 0 Å². The molecule has 104 valence electrons. The van der Waals surface area contributed by atoms with Crippen molar-refractivity contribution in [2.24, 2.45) is 0 Å². The summed E-state index contributed by atoms with van der Waals surface area (Å²) in [7, 11) is 0. The molecular formula is C18H14FNO. The average molecular weight is 279 g/mol. The first-order valence-electron chi connectivity index (χ1n) is 7.09. The second kappa shape index (κ2) is 4.55. The molecule has 4 rings (SSSR count). The van der Waals surface area contributed by atoms with Gasteiger partial charge in [-0.15, -0.1) is 0 Å². The van der Waals surface area contributed by atoms with Gasteiger partial charge in [0.05, 0.1) is 5.69 Å². The molecule has 0 radical (unpaired) electrons. The van der Waals surface area contributed by atoms with Crippen LogP contribution >= 0.6 is 0 Å². The Balaban J connectivity index is 1.89. The van der Waals surface area contributed by atoms with Gasteiger partial charge in [0.25, 0.3) is 0 Å². The molecule has 3 heteroatoms. The molecule has 1 atom stereocenters. The molecule has 1 amide bonds. The van der Waals surface area contributed by atoms with Crippen molar-refractivity contribution in [3.63, 3.8) is 0 Å². The fourth-order valence-corrected chi connectivity index (χ4v) is 3.30. The van der Waals surface area contributed by atoms with Gasteiger partial charge < -0.3 is 4.90 Å². The number of rotatable bonds is 1. The van der Waals surface area contributed by atoms with Crippen molar-refractivity contribution in [1.82, 2.24) is 0 Å². The zero-order valence-electron chi connectivity index (χ0n) is 11.4. The van der Waals surface area contributed by atoms with Crippen molar-refractivity contribution < 1.29 is 9.18 Å². The minimum atomic E-state index is -0.250. The molecule has 2 aromatic rings. The average Bonchev–Trinajstić information content (AvgIpc) is 2.52. The summed E-state index contributed by atoms with van der Waals surface area (Å²) in [5, 5.41) is 0. The van der Waals surface area contributed by atoms with E-state index in [9.17, 15) is 9.18 Å². The van der Waals surface area contributed by atoms with Gasteiger partial charge in [-0.25, -0.2) is 4.39 Å². The van der Waals surface area contributed by atoms with Gasteiger partial charge in [0, 0.05) is 18.9 Å². The highest BCUT2D eigenvalue weighted by molar-refractivity contribution is 6.01. The predicted octanol–water partition coefficient (Wildman–Crippen LogP) is 3.72. The van der Waals surface area contributed by atoms with Gasteiger partial charge in [-0.1, -0.05) is 42.5 Å². The van der Waals surface area contributed by atoms with E-state index in [0.29, 0.717) is 13.0 Å². The molecule has 0 saturated carbocycles. The van der Waals surface area contributed by atoms with Gasteiger partial charge in [0.15, 0.2) is 0 Å². The molecule has 0 saturated heterocycles. The van der Waals surface area contributed by atoms with Crippen LogP contribution in [0.25, 0.3) is 6.08 Å². The number of amides is 1. The number of carbonyl (C=O) groups is 1. The maximum Gasteiger partial charge on any atom is 0.228 e. The number of hydrogen-bond acceptors (Lipinski definition) is 1. The van der Waals surface area contributed by atoms with E-state index in [4.69, 9.17) is 0 Å². The van der Waals surface area contributed by atoms with Crippen LogP contribution in [0.15, 0.2) is 48.5 Å². The van der Waals surface area contributed by atoms with Gasteiger partial charge in [-0.05, 0) is 28.8 Å². The van der Waals surface area contributed by atoms with E-state index < -0.39 is 0 Å². The van der Waals surface area contributed by atoms with Gasteiger partial charge in [0.2, 0.25) is 5.91 Å². The van der Waals surface area contributed by atoms with E-state index in [1.807, 2.05) is 23.1 Å². The van der Waals surface area contributed by atoms with Crippen molar-refractivity contribution in [1.29, 1.82) is 0 Å². The number of halogens is 1. The Bertz CT molecular complexity index is 748. The lowest BCUT2D eigenvalue weighted by Gasteiger charge is -2.36. The zero-order chi connectivity index (χ0) is 14.4. The molecule has 0 fully saturated rings. The van der Waals surface area contributed by atoms with Crippen LogP contribution in [-0.4, -0.2) is 12.5 Å². The number of carbonyl (C=O) groups excluding carboxylic acids is 1. The first-order chi connectivity index (χ1) is 10.2. The molecular weight excluding hydrogens is 265 g/mol. The van der Waals surface area contributed by atoms with Crippen LogP contribution in [0.4, 0.5) is 10.1 Å². The maximum atomic E-state index is 13.1. The van der Waals surface area contributed by atoms with E-state index in [2.05, 4.69) is 12.1 Å². The number of hydrogen-bond donors (Lipinski definition) is 0. The third kappa shape index (κ3) is 1.88. The standard InChI is InChI=1S/C18H14FNO/c19-14-8-6-12(7-9-14)16-11-17(21)20-10-2-4-13-3-1-5-15(16)18(13)20/h1-9,16H,10-11H2. The first kappa shape index (κ1) is 12.3. The largest absolute Gasteiger partial charge is 0.308 e. The minimum Gasteiger partial charge on any atom is -0.308 e. The molecule has 2 aromatic carbocycles. The maximum absolute atomic E-state index is 13.1. The monoisotopic (exact) mass is 279 g/mol. The summed E-state index contributed by atoms with van der Waals surface area (Å²) in [4.78, 5) is 14.3. The minimum absolute atomic E-state index is 0.0100. The molecule has 2 heterocycles. The van der Waals surface area contributed by atoms with E-state index in [-0.39, 0.29) is 17.6 Å². The summed E-state index contributed by atoms with van der Waals surface area (Å²) in [5.74, 6) is -0.107. The second-order valence-corrected chi connectivity index (χ2v) is 5.50. The normalized spacial score (nSPS) is 19.6. The quantitative estimate of drug-likeness (QED) is 0.779. The lowest BCUT2D eigenvalue weighted by Crippen LogP contribution is -2.38. The Hall–Kier alpha value is -2.42. The highest BCUT2D eigenvalue weighted by Gasteiger charge is 2.33. The molecule has 2 aliphatic heterocycles. The zero-order valence-corrected chi connectivity index (χ0v) is 11.4. The van der Waals surface area contributed by atoms with Crippen LogP contribution < -0.4 is 4.90 Å². The predicted molar refractivity (Wildman–Crippen MR) is 80.7 cm³/mol. The summed E-state index contributed by atoms with van der Waals surface area (Å²) in [6.45, 7) is 0.638. The number of para-hydroxylation sites is 1. The van der Waals surface area contributed by atoms with Crippen molar-refractivity contribution >= 4 is 17.7 Å². The molecule has 21 heavy (non-hydrogen) atoms. The lowest BCUT2D eigenvalue weighted by atomic mass is 9.82. The summed E-state index contributed by atoms with van der Waals surface area (Å²) >= 11 is 0. The summed E-state index contributed by atoms with van der Waals surface area (Å²) in [6.07, 6.45) is 4.52. The van der Waals surface area contributed by atoms with Crippen LogP contribution in [0, 0.1) is 5.82 Å². The van der Waals surface area contributed by atoms with Crippen LogP contribution in [0.3, 0.4) is 0 Å². The Morgan fingerprint density at radius 3 is 2.71 bits per heavy atom.